The van der Waals surface area contributed by atoms with Gasteiger partial charge in [0.1, 0.15) is 4.60 Å². The van der Waals surface area contributed by atoms with E-state index in [0.29, 0.717) is 11.2 Å². The van der Waals surface area contributed by atoms with Crippen molar-refractivity contribution in [2.24, 2.45) is 5.92 Å². The molecule has 84 valence electrons. The lowest BCUT2D eigenvalue weighted by Crippen LogP contribution is -2.27. The van der Waals surface area contributed by atoms with Crippen molar-refractivity contribution < 1.29 is 9.53 Å². The van der Waals surface area contributed by atoms with Gasteiger partial charge in [0.25, 0.3) is 0 Å². The van der Waals surface area contributed by atoms with Gasteiger partial charge in [-0.15, -0.1) is 5.10 Å². The van der Waals surface area contributed by atoms with Crippen molar-refractivity contribution in [3.05, 3.63) is 10.8 Å². The average Bonchev–Trinajstić information content (AvgIpc) is 2.51. The minimum Gasteiger partial charge on any atom is -0.464 e. The van der Waals surface area contributed by atoms with E-state index in [9.17, 15) is 4.79 Å². The molecule has 0 spiro atoms. The zero-order valence-electron chi connectivity index (χ0n) is 8.98. The predicted octanol–water partition coefficient (Wildman–Crippen LogP) is 1.80. The van der Waals surface area contributed by atoms with E-state index in [1.807, 2.05) is 13.8 Å². The Morgan fingerprint density at radius 3 is 2.73 bits per heavy atom. The summed E-state index contributed by atoms with van der Waals surface area (Å²) in [6.45, 7) is 6.04. The third kappa shape index (κ3) is 3.02. The average molecular weight is 276 g/mol. The molecule has 1 atom stereocenters. The van der Waals surface area contributed by atoms with Gasteiger partial charge in [-0.3, -0.25) is 0 Å². The lowest BCUT2D eigenvalue weighted by Gasteiger charge is -2.18. The summed E-state index contributed by atoms with van der Waals surface area (Å²) in [4.78, 5) is 11.7. The highest BCUT2D eigenvalue weighted by Crippen LogP contribution is 2.19. The smallest absolute Gasteiger partial charge is 0.331 e. The second-order valence-corrected chi connectivity index (χ2v) is 4.27. The molecule has 0 amide bonds. The van der Waals surface area contributed by atoms with E-state index in [1.165, 1.54) is 4.68 Å². The van der Waals surface area contributed by atoms with E-state index >= 15 is 0 Å². The Kier molecular flexibility index (Phi) is 4.26. The van der Waals surface area contributed by atoms with E-state index in [-0.39, 0.29) is 11.9 Å². The van der Waals surface area contributed by atoms with Gasteiger partial charge in [0, 0.05) is 0 Å². The van der Waals surface area contributed by atoms with Crippen LogP contribution in [0.15, 0.2) is 10.8 Å². The monoisotopic (exact) mass is 275 g/mol. The number of carbonyl (C=O) groups excluding carboxylic acids is 1. The zero-order valence-corrected chi connectivity index (χ0v) is 10.6. The van der Waals surface area contributed by atoms with E-state index < -0.39 is 6.04 Å². The van der Waals surface area contributed by atoms with Crippen LogP contribution in [0.2, 0.25) is 0 Å². The van der Waals surface area contributed by atoms with Crippen LogP contribution in [-0.4, -0.2) is 27.6 Å². The fourth-order valence-electron chi connectivity index (χ4n) is 1.30. The van der Waals surface area contributed by atoms with E-state index in [0.717, 1.165) is 0 Å². The first-order valence-corrected chi connectivity index (χ1v) is 5.59. The quantitative estimate of drug-likeness (QED) is 0.787. The molecule has 1 heterocycles. The second-order valence-electron chi connectivity index (χ2n) is 3.46. The van der Waals surface area contributed by atoms with Gasteiger partial charge >= 0.3 is 5.97 Å². The maximum absolute atomic E-state index is 11.7. The molecule has 6 heteroatoms. The maximum Gasteiger partial charge on any atom is 0.331 e. The molecule has 1 aromatic rings. The Hall–Kier alpha value is -0.910. The number of hydrogen-bond acceptors (Lipinski definition) is 4. The number of aromatic nitrogens is 3. The topological polar surface area (TPSA) is 57.0 Å². The lowest BCUT2D eigenvalue weighted by molar-refractivity contribution is -0.149. The van der Waals surface area contributed by atoms with Gasteiger partial charge in [-0.25, -0.2) is 9.48 Å². The minimum absolute atomic E-state index is 0.109. The molecule has 0 radical (unpaired) electrons. The van der Waals surface area contributed by atoms with Crippen LogP contribution in [0, 0.1) is 5.92 Å². The molecule has 1 unspecified atom stereocenters. The highest BCUT2D eigenvalue weighted by molar-refractivity contribution is 9.10. The molecule has 0 saturated heterocycles. The van der Waals surface area contributed by atoms with Gasteiger partial charge in [0.05, 0.1) is 12.8 Å². The number of ether oxygens (including phenoxy) is 1. The molecule has 5 nitrogen and oxygen atoms in total. The number of halogens is 1. The predicted molar refractivity (Wildman–Crippen MR) is 58.2 cm³/mol. The van der Waals surface area contributed by atoms with Crippen LogP contribution in [0.3, 0.4) is 0 Å². The van der Waals surface area contributed by atoms with Gasteiger partial charge in [-0.05, 0) is 28.8 Å². The van der Waals surface area contributed by atoms with Crippen molar-refractivity contribution in [1.82, 2.24) is 15.0 Å². The van der Waals surface area contributed by atoms with Gasteiger partial charge in [-0.1, -0.05) is 19.1 Å². The Balaban J connectivity index is 2.88. The van der Waals surface area contributed by atoms with Gasteiger partial charge < -0.3 is 4.74 Å². The molecule has 1 aromatic heterocycles. The summed E-state index contributed by atoms with van der Waals surface area (Å²) in [7, 11) is 0. The normalized spacial score (nSPS) is 12.9. The zero-order chi connectivity index (χ0) is 11.4. The first-order chi connectivity index (χ1) is 7.06. The fourth-order valence-corrected chi connectivity index (χ4v) is 1.59. The second kappa shape index (κ2) is 5.25. The number of rotatable bonds is 4. The molecule has 0 fully saturated rings. The molecule has 1 rings (SSSR count). The van der Waals surface area contributed by atoms with Crippen molar-refractivity contribution in [2.45, 2.75) is 26.8 Å². The third-order valence-electron chi connectivity index (χ3n) is 1.93. The molecule has 0 aliphatic carbocycles. The Labute approximate surface area is 96.9 Å². The van der Waals surface area contributed by atoms with Crippen LogP contribution < -0.4 is 0 Å². The summed E-state index contributed by atoms with van der Waals surface area (Å²) >= 11 is 3.19. The highest BCUT2D eigenvalue weighted by Gasteiger charge is 2.26. The number of carbonyl (C=O) groups is 1. The summed E-state index contributed by atoms with van der Waals surface area (Å²) in [5.74, 6) is -0.164. The fraction of sp³-hybridized carbons (Fsp3) is 0.667. The van der Waals surface area contributed by atoms with Gasteiger partial charge in [0.15, 0.2) is 6.04 Å². The molecule has 15 heavy (non-hydrogen) atoms. The summed E-state index contributed by atoms with van der Waals surface area (Å²) in [5.41, 5.74) is 0. The van der Waals surface area contributed by atoms with Crippen molar-refractivity contribution >= 4 is 21.9 Å². The summed E-state index contributed by atoms with van der Waals surface area (Å²) in [5, 5.41) is 7.64. The lowest BCUT2D eigenvalue weighted by atomic mass is 10.1. The van der Waals surface area contributed by atoms with Crippen LogP contribution in [0.1, 0.15) is 26.8 Å². The maximum atomic E-state index is 11.7. The molecule has 0 aromatic carbocycles. The standard InChI is InChI=1S/C9H14BrN3O2/c1-4-15-9(14)8(6(2)3)13-5-7(10)11-12-13/h5-6,8H,4H2,1-3H3. The van der Waals surface area contributed by atoms with E-state index in [2.05, 4.69) is 26.2 Å². The SMILES string of the molecule is CCOC(=O)C(C(C)C)n1cc(Br)nn1. The number of esters is 1. The van der Waals surface area contributed by atoms with Gasteiger partial charge in [0.2, 0.25) is 0 Å². The number of nitrogens with zero attached hydrogens (tertiary/aromatic N) is 3. The van der Waals surface area contributed by atoms with Crippen LogP contribution in [0.4, 0.5) is 0 Å². The third-order valence-corrected chi connectivity index (χ3v) is 2.29. The Bertz CT molecular complexity index is 338. The first-order valence-electron chi connectivity index (χ1n) is 4.80. The summed E-state index contributed by atoms with van der Waals surface area (Å²) < 4.78 is 7.12. The first kappa shape index (κ1) is 12.2. The van der Waals surface area contributed by atoms with Crippen molar-refractivity contribution in [2.75, 3.05) is 6.61 Å². The van der Waals surface area contributed by atoms with Crippen molar-refractivity contribution in [3.63, 3.8) is 0 Å². The minimum atomic E-state index is -0.413. The molecular formula is C9H14BrN3O2. The van der Waals surface area contributed by atoms with Gasteiger partial charge in [-0.2, -0.15) is 0 Å². The molecule has 0 aliphatic rings. The van der Waals surface area contributed by atoms with Crippen molar-refractivity contribution in [1.29, 1.82) is 0 Å². The number of hydrogen-bond donors (Lipinski definition) is 0. The Morgan fingerprint density at radius 1 is 1.67 bits per heavy atom. The molecule has 0 bridgehead atoms. The van der Waals surface area contributed by atoms with Crippen LogP contribution in [0.25, 0.3) is 0 Å². The van der Waals surface area contributed by atoms with E-state index in [4.69, 9.17) is 4.74 Å². The van der Waals surface area contributed by atoms with Crippen LogP contribution >= 0.6 is 15.9 Å². The molecule has 0 aliphatic heterocycles. The molecule has 0 N–H and O–H groups in total. The summed E-state index contributed by atoms with van der Waals surface area (Å²) in [6.07, 6.45) is 1.67. The Morgan fingerprint density at radius 2 is 2.33 bits per heavy atom. The van der Waals surface area contributed by atoms with Crippen LogP contribution in [0.5, 0.6) is 0 Å². The summed E-state index contributed by atoms with van der Waals surface area (Å²) in [6, 6.07) is -0.413. The highest BCUT2D eigenvalue weighted by atomic mass is 79.9. The van der Waals surface area contributed by atoms with Crippen molar-refractivity contribution in [3.8, 4) is 0 Å². The van der Waals surface area contributed by atoms with E-state index in [1.54, 1.807) is 13.1 Å². The van der Waals surface area contributed by atoms with Crippen LogP contribution in [-0.2, 0) is 9.53 Å². The molecular weight excluding hydrogens is 262 g/mol. The largest absolute Gasteiger partial charge is 0.464 e. The molecule has 0 saturated carbocycles.